The van der Waals surface area contributed by atoms with Crippen molar-refractivity contribution in [3.8, 4) is 11.1 Å². The fourth-order valence-corrected chi connectivity index (χ4v) is 6.44. The van der Waals surface area contributed by atoms with E-state index in [4.69, 9.17) is 16.6 Å². The number of hydrogen-bond donors (Lipinski definition) is 5. The van der Waals surface area contributed by atoms with Gasteiger partial charge in [0.15, 0.2) is 0 Å². The molecule has 4 heterocycles. The van der Waals surface area contributed by atoms with Gasteiger partial charge in [0.05, 0.1) is 46.7 Å². The number of benzene rings is 1. The summed E-state index contributed by atoms with van der Waals surface area (Å²) in [5.41, 5.74) is 19.1. The van der Waals surface area contributed by atoms with Crippen molar-refractivity contribution in [2.75, 3.05) is 30.4 Å². The predicted molar refractivity (Wildman–Crippen MR) is 175 cm³/mol. The second-order valence-corrected chi connectivity index (χ2v) is 12.7. The molecule has 1 atom stereocenters. The number of nitrogens with one attached hydrogen (secondary N) is 3. The standard InChI is InChI=1S/C33H41N11O2/c1-3-27-31-24(15-38-44(31)22-17-43(18-22)16-21-14-36-11-12-37-21)23-5-4-6-25(30(23)42(27)2)40-26(29(35)33(46)39-20-9-10-20)13-28(34)41-32(45)19-7-8-19/h4-6,11-15,19-20,22,27,40H,3,7-10,16-18,34-35H2,1-2H3,(H,39,46)(H,41,45)/b28-13+,29-26+. The van der Waals surface area contributed by atoms with Crippen molar-refractivity contribution >= 4 is 23.2 Å². The Hall–Kier alpha value is -4.91. The Morgan fingerprint density at radius 1 is 1.07 bits per heavy atom. The molecular formula is C33H41N11O2. The van der Waals surface area contributed by atoms with Crippen LogP contribution in [0.25, 0.3) is 11.1 Å². The van der Waals surface area contributed by atoms with Crippen LogP contribution in [0.4, 0.5) is 11.4 Å². The molecule has 7 N–H and O–H groups in total. The Morgan fingerprint density at radius 2 is 1.87 bits per heavy atom. The molecule has 3 aromatic rings. The van der Waals surface area contributed by atoms with Gasteiger partial charge in [0.25, 0.3) is 5.91 Å². The van der Waals surface area contributed by atoms with Gasteiger partial charge >= 0.3 is 0 Å². The fraction of sp³-hybridized carbons (Fsp3) is 0.424. The first kappa shape index (κ1) is 29.8. The highest BCUT2D eigenvalue weighted by molar-refractivity contribution is 5.96. The van der Waals surface area contributed by atoms with Gasteiger partial charge in [0, 0.05) is 74.4 Å². The third-order valence-electron chi connectivity index (χ3n) is 9.20. The van der Waals surface area contributed by atoms with Crippen molar-refractivity contribution in [2.45, 2.75) is 63.7 Å². The maximum Gasteiger partial charge on any atom is 0.269 e. The van der Waals surface area contributed by atoms with Gasteiger partial charge in [-0.05, 0) is 38.2 Å². The molecular weight excluding hydrogens is 582 g/mol. The molecule has 0 spiro atoms. The van der Waals surface area contributed by atoms with Crippen LogP contribution in [0.15, 0.2) is 66.3 Å². The summed E-state index contributed by atoms with van der Waals surface area (Å²) in [4.78, 5) is 38.7. The fourth-order valence-electron chi connectivity index (χ4n) is 6.44. The molecule has 3 fully saturated rings. The summed E-state index contributed by atoms with van der Waals surface area (Å²) in [7, 11) is 2.09. The smallest absolute Gasteiger partial charge is 0.269 e. The molecule has 1 unspecified atom stereocenters. The Labute approximate surface area is 268 Å². The lowest BCUT2D eigenvalue weighted by atomic mass is 9.91. The van der Waals surface area contributed by atoms with Crippen LogP contribution in [0.2, 0.25) is 0 Å². The van der Waals surface area contributed by atoms with Gasteiger partial charge in [-0.25, -0.2) is 0 Å². The lowest BCUT2D eigenvalue weighted by Crippen LogP contribution is -2.48. The molecule has 2 saturated carbocycles. The van der Waals surface area contributed by atoms with Gasteiger partial charge in [-0.2, -0.15) is 5.10 Å². The van der Waals surface area contributed by atoms with Crippen LogP contribution in [0, 0.1) is 5.92 Å². The first-order chi connectivity index (χ1) is 22.3. The van der Waals surface area contributed by atoms with E-state index in [0.29, 0.717) is 5.70 Å². The molecule has 240 valence electrons. The van der Waals surface area contributed by atoms with Gasteiger partial charge in [-0.1, -0.05) is 19.1 Å². The van der Waals surface area contributed by atoms with E-state index in [0.717, 1.165) is 79.9 Å². The van der Waals surface area contributed by atoms with Crippen LogP contribution in [0.3, 0.4) is 0 Å². The molecule has 4 aliphatic rings. The number of para-hydroxylation sites is 1. The number of hydrogen-bond acceptors (Lipinski definition) is 10. The largest absolute Gasteiger partial charge is 0.393 e. The average molecular weight is 624 g/mol. The quantitative estimate of drug-likeness (QED) is 0.158. The van der Waals surface area contributed by atoms with Crippen LogP contribution in [-0.2, 0) is 16.1 Å². The van der Waals surface area contributed by atoms with Gasteiger partial charge in [0.2, 0.25) is 5.91 Å². The summed E-state index contributed by atoms with van der Waals surface area (Å²) in [5, 5.41) is 14.0. The minimum absolute atomic E-state index is 0.00292. The summed E-state index contributed by atoms with van der Waals surface area (Å²) < 4.78 is 2.20. The number of likely N-dealkylation sites (tertiary alicyclic amines) is 1. The van der Waals surface area contributed by atoms with Crippen LogP contribution >= 0.6 is 0 Å². The third-order valence-corrected chi connectivity index (χ3v) is 9.20. The molecule has 2 amide bonds. The lowest BCUT2D eigenvalue weighted by Gasteiger charge is -2.43. The minimum Gasteiger partial charge on any atom is -0.393 e. The zero-order chi connectivity index (χ0) is 31.9. The number of nitrogens with zero attached hydrogens (tertiary/aromatic N) is 6. The second kappa shape index (κ2) is 12.1. The normalized spacial score (nSPS) is 20.3. The van der Waals surface area contributed by atoms with E-state index >= 15 is 0 Å². The molecule has 1 aromatic carbocycles. The average Bonchev–Trinajstić information content (AvgIpc) is 3.97. The number of amides is 2. The molecule has 0 radical (unpaired) electrons. The Balaban J connectivity index is 1.18. The topological polar surface area (TPSA) is 172 Å². The number of carbonyl (C=O) groups is 2. The molecule has 1 saturated heterocycles. The molecule has 13 heteroatoms. The van der Waals surface area contributed by atoms with E-state index in [1.807, 2.05) is 24.5 Å². The van der Waals surface area contributed by atoms with Crippen LogP contribution in [0.5, 0.6) is 0 Å². The molecule has 2 aliphatic carbocycles. The molecule has 2 aromatic heterocycles. The summed E-state index contributed by atoms with van der Waals surface area (Å²) in [6.07, 6.45) is 13.2. The van der Waals surface area contributed by atoms with Crippen LogP contribution < -0.4 is 32.3 Å². The maximum atomic E-state index is 13.1. The summed E-state index contributed by atoms with van der Waals surface area (Å²) in [5.74, 6) is -0.377. The molecule has 7 rings (SSSR count). The van der Waals surface area contributed by atoms with Gasteiger partial charge < -0.3 is 32.3 Å². The lowest BCUT2D eigenvalue weighted by molar-refractivity contribution is -0.121. The van der Waals surface area contributed by atoms with E-state index in [2.05, 4.69) is 60.4 Å². The zero-order valence-corrected chi connectivity index (χ0v) is 26.2. The third kappa shape index (κ3) is 5.89. The number of anilines is 2. The Morgan fingerprint density at radius 3 is 2.57 bits per heavy atom. The van der Waals surface area contributed by atoms with Crippen LogP contribution in [0.1, 0.15) is 62.5 Å². The number of nitrogens with two attached hydrogens (primary N) is 2. The number of aromatic nitrogens is 4. The highest BCUT2D eigenvalue weighted by Crippen LogP contribution is 2.49. The Kier molecular flexibility index (Phi) is 7.85. The molecule has 2 aliphatic heterocycles. The maximum absolute atomic E-state index is 13.1. The second-order valence-electron chi connectivity index (χ2n) is 12.7. The monoisotopic (exact) mass is 623 g/mol. The number of rotatable bonds is 11. The molecule has 0 bridgehead atoms. The van der Waals surface area contributed by atoms with E-state index in [1.54, 1.807) is 12.4 Å². The Bertz CT molecular complexity index is 1700. The SMILES string of the molecule is CCC1c2c(cnn2C2CN(Cc3cnccn3)C2)-c2cccc(NC(/C=C(\N)NC(=O)C3CC3)=C(/N)C(=O)NC3CC3)c2N1C. The number of carbonyl (C=O) groups excluding carboxylic acids is 2. The number of fused-ring (bicyclic) bond motifs is 3. The van der Waals surface area contributed by atoms with Crippen molar-refractivity contribution in [3.63, 3.8) is 0 Å². The van der Waals surface area contributed by atoms with Crippen molar-refractivity contribution in [1.29, 1.82) is 0 Å². The van der Waals surface area contributed by atoms with Crippen molar-refractivity contribution in [2.24, 2.45) is 17.4 Å². The summed E-state index contributed by atoms with van der Waals surface area (Å²) >= 11 is 0. The zero-order valence-electron chi connectivity index (χ0n) is 26.2. The van der Waals surface area contributed by atoms with E-state index in [1.165, 1.54) is 11.8 Å². The number of allylic oxidation sites excluding steroid dienone is 1. The first-order valence-corrected chi connectivity index (χ1v) is 16.1. The molecule has 46 heavy (non-hydrogen) atoms. The first-order valence-electron chi connectivity index (χ1n) is 16.1. The van der Waals surface area contributed by atoms with Crippen molar-refractivity contribution in [3.05, 3.63) is 77.7 Å². The van der Waals surface area contributed by atoms with Crippen LogP contribution in [-0.4, -0.2) is 62.6 Å². The van der Waals surface area contributed by atoms with Gasteiger partial charge in [0.1, 0.15) is 11.5 Å². The highest BCUT2D eigenvalue weighted by atomic mass is 16.2. The summed E-state index contributed by atoms with van der Waals surface area (Å²) in [6, 6.07) is 6.52. The predicted octanol–water partition coefficient (Wildman–Crippen LogP) is 2.49. The van der Waals surface area contributed by atoms with E-state index < -0.39 is 0 Å². The summed E-state index contributed by atoms with van der Waals surface area (Å²) in [6.45, 7) is 4.73. The van der Waals surface area contributed by atoms with Gasteiger partial charge in [-0.15, -0.1) is 0 Å². The van der Waals surface area contributed by atoms with Crippen molar-refractivity contribution < 1.29 is 9.59 Å². The van der Waals surface area contributed by atoms with Crippen molar-refractivity contribution in [1.82, 2.24) is 35.3 Å². The van der Waals surface area contributed by atoms with E-state index in [9.17, 15) is 9.59 Å². The highest BCUT2D eigenvalue weighted by Gasteiger charge is 2.38. The minimum atomic E-state index is -0.371. The molecule has 13 nitrogen and oxygen atoms in total. The van der Waals surface area contributed by atoms with Gasteiger partial charge in [-0.3, -0.25) is 29.1 Å². The van der Waals surface area contributed by atoms with E-state index in [-0.39, 0.29) is 47.4 Å².